The van der Waals surface area contributed by atoms with Crippen molar-refractivity contribution >= 4 is 11.9 Å². The van der Waals surface area contributed by atoms with Crippen molar-refractivity contribution in [3.05, 3.63) is 0 Å². The third-order valence-electron chi connectivity index (χ3n) is 2.38. The summed E-state index contributed by atoms with van der Waals surface area (Å²) in [6, 6.07) is 0. The van der Waals surface area contributed by atoms with E-state index in [-0.39, 0.29) is 6.61 Å². The van der Waals surface area contributed by atoms with Crippen LogP contribution in [0.25, 0.3) is 0 Å². The van der Waals surface area contributed by atoms with Crippen LogP contribution in [0.3, 0.4) is 0 Å². The van der Waals surface area contributed by atoms with E-state index in [9.17, 15) is 14.7 Å². The first-order valence-corrected chi connectivity index (χ1v) is 5.71. The first-order chi connectivity index (χ1) is 8.45. The molecular weight excluding hydrogens is 244 g/mol. The molecule has 0 spiro atoms. The minimum absolute atomic E-state index is 0.142. The Labute approximate surface area is 105 Å². The van der Waals surface area contributed by atoms with Crippen molar-refractivity contribution in [1.29, 1.82) is 0 Å². The van der Waals surface area contributed by atoms with Gasteiger partial charge in [-0.2, -0.15) is 0 Å². The summed E-state index contributed by atoms with van der Waals surface area (Å²) in [7, 11) is 0. The summed E-state index contributed by atoms with van der Waals surface area (Å²) < 4.78 is 20.3. The Morgan fingerprint density at radius 3 is 2.22 bits per heavy atom. The second-order valence-electron chi connectivity index (χ2n) is 3.87. The number of hydrogen-bond donors (Lipinski definition) is 1. The number of aliphatic hydroxyl groups is 1. The van der Waals surface area contributed by atoms with Crippen molar-refractivity contribution in [3.63, 3.8) is 0 Å². The van der Waals surface area contributed by atoms with Gasteiger partial charge in [-0.1, -0.05) is 0 Å². The molecule has 1 aliphatic rings. The first-order valence-electron chi connectivity index (χ1n) is 5.71. The molecule has 0 aromatic heterocycles. The quantitative estimate of drug-likeness (QED) is 0.674. The Kier molecular flexibility index (Phi) is 5.52. The average Bonchev–Trinajstić information content (AvgIpc) is 2.53. The van der Waals surface area contributed by atoms with Crippen LogP contribution in [0.15, 0.2) is 0 Å². The minimum atomic E-state index is -1.33. The van der Waals surface area contributed by atoms with Crippen molar-refractivity contribution in [2.75, 3.05) is 13.2 Å². The SMILES string of the molecule is CCOC[C@H]1OC(O)[C@H](OC(C)=O)[C@@H]1OC(C)=O. The number of carbonyl (C=O) groups excluding carboxylic acids is 2. The summed E-state index contributed by atoms with van der Waals surface area (Å²) >= 11 is 0. The molecule has 0 bridgehead atoms. The standard InChI is InChI=1S/C11H18O7/c1-4-15-5-8-9(16-6(2)12)10(11(14)18-8)17-7(3)13/h8-11,14H,4-5H2,1-3H3/t8-,9-,10-,11?/m1/s1. The van der Waals surface area contributed by atoms with Gasteiger partial charge in [0.15, 0.2) is 18.5 Å². The van der Waals surface area contributed by atoms with Crippen LogP contribution in [0.5, 0.6) is 0 Å². The summed E-state index contributed by atoms with van der Waals surface area (Å²) in [5.74, 6) is -1.13. The van der Waals surface area contributed by atoms with Crippen LogP contribution in [0.4, 0.5) is 0 Å². The summed E-state index contributed by atoms with van der Waals surface area (Å²) in [6.45, 7) is 4.83. The van der Waals surface area contributed by atoms with E-state index in [1.165, 1.54) is 13.8 Å². The number of esters is 2. The third kappa shape index (κ3) is 3.94. The fraction of sp³-hybridized carbons (Fsp3) is 0.818. The Balaban J connectivity index is 2.73. The lowest BCUT2D eigenvalue weighted by Crippen LogP contribution is -2.41. The van der Waals surface area contributed by atoms with Crippen molar-refractivity contribution in [1.82, 2.24) is 0 Å². The van der Waals surface area contributed by atoms with Crippen LogP contribution in [-0.4, -0.2) is 54.9 Å². The van der Waals surface area contributed by atoms with Gasteiger partial charge in [0.25, 0.3) is 0 Å². The van der Waals surface area contributed by atoms with Crippen LogP contribution in [0.2, 0.25) is 0 Å². The molecule has 1 aliphatic heterocycles. The zero-order valence-corrected chi connectivity index (χ0v) is 10.6. The van der Waals surface area contributed by atoms with Gasteiger partial charge in [-0.3, -0.25) is 9.59 Å². The number of rotatable bonds is 5. The lowest BCUT2D eigenvalue weighted by Gasteiger charge is -2.22. The van der Waals surface area contributed by atoms with Gasteiger partial charge in [0.2, 0.25) is 0 Å². The molecule has 0 aliphatic carbocycles. The predicted molar refractivity (Wildman–Crippen MR) is 58.5 cm³/mol. The highest BCUT2D eigenvalue weighted by atomic mass is 16.7. The van der Waals surface area contributed by atoms with E-state index in [1.807, 2.05) is 0 Å². The maximum absolute atomic E-state index is 11.0. The number of ether oxygens (including phenoxy) is 4. The third-order valence-corrected chi connectivity index (χ3v) is 2.38. The lowest BCUT2D eigenvalue weighted by atomic mass is 10.1. The molecule has 1 N–H and O–H groups in total. The van der Waals surface area contributed by atoms with Crippen molar-refractivity contribution in [2.24, 2.45) is 0 Å². The highest BCUT2D eigenvalue weighted by Crippen LogP contribution is 2.26. The van der Waals surface area contributed by atoms with Gasteiger partial charge < -0.3 is 24.1 Å². The van der Waals surface area contributed by atoms with E-state index in [0.29, 0.717) is 6.61 Å². The molecule has 1 unspecified atom stereocenters. The van der Waals surface area contributed by atoms with Crippen LogP contribution in [-0.2, 0) is 28.5 Å². The second-order valence-corrected chi connectivity index (χ2v) is 3.87. The second kappa shape index (κ2) is 6.67. The van der Waals surface area contributed by atoms with E-state index in [1.54, 1.807) is 6.92 Å². The maximum Gasteiger partial charge on any atom is 0.303 e. The van der Waals surface area contributed by atoms with Crippen LogP contribution in [0.1, 0.15) is 20.8 Å². The molecule has 1 rings (SSSR count). The van der Waals surface area contributed by atoms with Crippen LogP contribution >= 0.6 is 0 Å². The summed E-state index contributed by atoms with van der Waals surface area (Å²) in [5, 5.41) is 9.64. The molecule has 1 fully saturated rings. The van der Waals surface area contributed by atoms with E-state index < -0.39 is 36.5 Å². The largest absolute Gasteiger partial charge is 0.455 e. The first kappa shape index (κ1) is 14.9. The molecule has 7 nitrogen and oxygen atoms in total. The van der Waals surface area contributed by atoms with Crippen LogP contribution in [0, 0.1) is 0 Å². The fourth-order valence-electron chi connectivity index (χ4n) is 1.73. The Morgan fingerprint density at radius 1 is 1.17 bits per heavy atom. The minimum Gasteiger partial charge on any atom is -0.455 e. The van der Waals surface area contributed by atoms with Crippen LogP contribution < -0.4 is 0 Å². The molecule has 7 heteroatoms. The molecule has 0 amide bonds. The van der Waals surface area contributed by atoms with Crippen molar-refractivity contribution < 1.29 is 33.6 Å². The van der Waals surface area contributed by atoms with E-state index in [4.69, 9.17) is 18.9 Å². The fourth-order valence-corrected chi connectivity index (χ4v) is 1.73. The topological polar surface area (TPSA) is 91.3 Å². The molecule has 1 saturated heterocycles. The van der Waals surface area contributed by atoms with E-state index in [0.717, 1.165) is 0 Å². The predicted octanol–water partition coefficient (Wildman–Crippen LogP) is -0.397. The number of carbonyl (C=O) groups is 2. The van der Waals surface area contributed by atoms with Gasteiger partial charge in [-0.05, 0) is 6.92 Å². The summed E-state index contributed by atoms with van der Waals surface area (Å²) in [6.07, 6.45) is -3.89. The summed E-state index contributed by atoms with van der Waals surface area (Å²) in [4.78, 5) is 22.0. The Morgan fingerprint density at radius 2 is 1.72 bits per heavy atom. The van der Waals surface area contributed by atoms with Gasteiger partial charge in [0.1, 0.15) is 6.10 Å². The van der Waals surface area contributed by atoms with Gasteiger partial charge in [-0.15, -0.1) is 0 Å². The van der Waals surface area contributed by atoms with Gasteiger partial charge in [0, 0.05) is 20.5 Å². The number of hydrogen-bond acceptors (Lipinski definition) is 7. The monoisotopic (exact) mass is 262 g/mol. The van der Waals surface area contributed by atoms with Gasteiger partial charge >= 0.3 is 11.9 Å². The van der Waals surface area contributed by atoms with Gasteiger partial charge in [0.05, 0.1) is 6.61 Å². The molecule has 0 saturated carbocycles. The zero-order chi connectivity index (χ0) is 13.7. The van der Waals surface area contributed by atoms with E-state index >= 15 is 0 Å². The zero-order valence-electron chi connectivity index (χ0n) is 10.6. The molecule has 0 radical (unpaired) electrons. The maximum atomic E-state index is 11.0. The highest BCUT2D eigenvalue weighted by molar-refractivity contribution is 5.67. The Hall–Kier alpha value is -1.18. The smallest absolute Gasteiger partial charge is 0.303 e. The normalized spacial score (nSPS) is 31.1. The number of aliphatic hydroxyl groups excluding tert-OH is 1. The molecule has 4 atom stereocenters. The average molecular weight is 262 g/mol. The Bertz CT molecular complexity index is 304. The molecule has 0 aromatic rings. The molecular formula is C11H18O7. The molecule has 104 valence electrons. The van der Waals surface area contributed by atoms with Crippen molar-refractivity contribution in [2.45, 2.75) is 45.4 Å². The lowest BCUT2D eigenvalue weighted by molar-refractivity contribution is -0.174. The van der Waals surface area contributed by atoms with Gasteiger partial charge in [-0.25, -0.2) is 0 Å². The highest BCUT2D eigenvalue weighted by Gasteiger charge is 2.48. The van der Waals surface area contributed by atoms with E-state index in [2.05, 4.69) is 0 Å². The molecule has 1 heterocycles. The summed E-state index contributed by atoms with van der Waals surface area (Å²) in [5.41, 5.74) is 0. The molecule has 0 aromatic carbocycles. The molecule has 18 heavy (non-hydrogen) atoms. The van der Waals surface area contributed by atoms with Crippen molar-refractivity contribution in [3.8, 4) is 0 Å².